The van der Waals surface area contributed by atoms with Crippen molar-refractivity contribution in [3.05, 3.63) is 0 Å². The summed E-state index contributed by atoms with van der Waals surface area (Å²) in [7, 11) is 3.45. The molecular formula is C14H27N3O3. The van der Waals surface area contributed by atoms with Gasteiger partial charge in [-0.25, -0.2) is 0 Å². The molecule has 0 radical (unpaired) electrons. The first-order valence-corrected chi connectivity index (χ1v) is 7.41. The lowest BCUT2D eigenvalue weighted by atomic mass is 9.96. The van der Waals surface area contributed by atoms with Crippen molar-refractivity contribution in [2.24, 2.45) is 5.73 Å². The van der Waals surface area contributed by atoms with Crippen LogP contribution in [0.15, 0.2) is 0 Å². The summed E-state index contributed by atoms with van der Waals surface area (Å²) in [6.07, 6.45) is 2.81. The minimum atomic E-state index is -0.535. The normalized spacial score (nSPS) is 38.5. The van der Waals surface area contributed by atoms with Crippen molar-refractivity contribution in [1.82, 2.24) is 10.2 Å². The van der Waals surface area contributed by atoms with Crippen LogP contribution < -0.4 is 11.1 Å². The summed E-state index contributed by atoms with van der Waals surface area (Å²) in [5, 5.41) is 3.30. The minimum Gasteiger partial charge on any atom is -0.377 e. The number of hydrogen-bond donors (Lipinski definition) is 2. The van der Waals surface area contributed by atoms with Crippen molar-refractivity contribution in [2.45, 2.75) is 50.0 Å². The molecule has 0 aromatic heterocycles. The van der Waals surface area contributed by atoms with Crippen LogP contribution in [0.1, 0.15) is 26.2 Å². The zero-order chi connectivity index (χ0) is 14.8. The van der Waals surface area contributed by atoms with E-state index in [1.807, 2.05) is 6.92 Å². The van der Waals surface area contributed by atoms with Gasteiger partial charge in [-0.15, -0.1) is 0 Å². The number of nitrogens with one attached hydrogen (secondary N) is 1. The van der Waals surface area contributed by atoms with Crippen LogP contribution in [0.25, 0.3) is 0 Å². The number of likely N-dealkylation sites (N-methyl/N-ethyl adjacent to an activating group) is 1. The predicted octanol–water partition coefficient (Wildman–Crippen LogP) is -0.282. The van der Waals surface area contributed by atoms with Gasteiger partial charge in [-0.1, -0.05) is 6.92 Å². The van der Waals surface area contributed by atoms with Crippen LogP contribution >= 0.6 is 0 Å². The second kappa shape index (κ2) is 6.39. The van der Waals surface area contributed by atoms with E-state index in [1.54, 1.807) is 14.2 Å². The minimum absolute atomic E-state index is 0.114. The van der Waals surface area contributed by atoms with Crippen LogP contribution in [-0.2, 0) is 14.3 Å². The molecule has 1 aliphatic heterocycles. The number of methoxy groups -OCH3 is 2. The summed E-state index contributed by atoms with van der Waals surface area (Å²) in [5.74, 6) is -0.229. The Balaban J connectivity index is 2.01. The molecule has 0 aromatic carbocycles. The van der Waals surface area contributed by atoms with Crippen LogP contribution in [0.4, 0.5) is 0 Å². The quantitative estimate of drug-likeness (QED) is 0.702. The third kappa shape index (κ3) is 2.83. The van der Waals surface area contributed by atoms with E-state index in [0.29, 0.717) is 6.04 Å². The number of carbonyl (C=O) groups is 1. The van der Waals surface area contributed by atoms with Crippen molar-refractivity contribution >= 4 is 5.91 Å². The predicted molar refractivity (Wildman–Crippen MR) is 76.4 cm³/mol. The first-order valence-electron chi connectivity index (χ1n) is 7.41. The molecule has 6 nitrogen and oxygen atoms in total. The van der Waals surface area contributed by atoms with Gasteiger partial charge >= 0.3 is 0 Å². The van der Waals surface area contributed by atoms with E-state index in [1.165, 1.54) is 0 Å². The molecule has 1 amide bonds. The zero-order valence-electron chi connectivity index (χ0n) is 12.7. The van der Waals surface area contributed by atoms with Gasteiger partial charge in [-0.3, -0.25) is 9.69 Å². The second-order valence-electron chi connectivity index (χ2n) is 5.88. The fourth-order valence-electron chi connectivity index (χ4n) is 3.66. The van der Waals surface area contributed by atoms with Gasteiger partial charge in [-0.2, -0.15) is 0 Å². The number of nitrogens with two attached hydrogens (primary N) is 1. The number of primary amides is 1. The highest BCUT2D eigenvalue weighted by Gasteiger charge is 2.47. The van der Waals surface area contributed by atoms with Crippen molar-refractivity contribution in [1.29, 1.82) is 0 Å². The van der Waals surface area contributed by atoms with Gasteiger partial charge in [-0.05, 0) is 25.8 Å². The average Bonchev–Trinajstić information content (AvgIpc) is 3.03. The van der Waals surface area contributed by atoms with Crippen LogP contribution in [0.3, 0.4) is 0 Å². The Labute approximate surface area is 121 Å². The fourth-order valence-corrected chi connectivity index (χ4v) is 3.66. The standard InChI is InChI=1S/C14H27N3O3/c1-4-16-14(13(15)18)6-5-10(7-14)17-8-11(19-2)12(9-17)20-3/h10-12,16H,4-9H2,1-3H3,(H2,15,18). The summed E-state index contributed by atoms with van der Waals surface area (Å²) >= 11 is 0. The Morgan fingerprint density at radius 2 is 1.95 bits per heavy atom. The third-order valence-corrected chi connectivity index (χ3v) is 4.84. The van der Waals surface area contributed by atoms with E-state index < -0.39 is 5.54 Å². The number of nitrogens with zero attached hydrogens (tertiary/aromatic N) is 1. The molecule has 116 valence electrons. The molecule has 1 saturated carbocycles. The highest BCUT2D eigenvalue weighted by Crippen LogP contribution is 2.35. The molecule has 1 aliphatic carbocycles. The molecular weight excluding hydrogens is 258 g/mol. The van der Waals surface area contributed by atoms with E-state index in [2.05, 4.69) is 10.2 Å². The highest BCUT2D eigenvalue weighted by molar-refractivity contribution is 5.85. The van der Waals surface area contributed by atoms with Crippen LogP contribution in [0.5, 0.6) is 0 Å². The summed E-state index contributed by atoms with van der Waals surface area (Å²) in [6, 6.07) is 0.374. The van der Waals surface area contributed by atoms with Crippen molar-refractivity contribution in [2.75, 3.05) is 33.9 Å². The Morgan fingerprint density at radius 3 is 2.40 bits per heavy atom. The molecule has 3 N–H and O–H groups in total. The molecule has 2 rings (SSSR count). The van der Waals surface area contributed by atoms with Crippen molar-refractivity contribution in [3.63, 3.8) is 0 Å². The first kappa shape index (κ1) is 15.7. The number of ether oxygens (including phenoxy) is 2. The van der Waals surface area contributed by atoms with Gasteiger partial charge < -0.3 is 20.5 Å². The van der Waals surface area contributed by atoms with E-state index >= 15 is 0 Å². The Morgan fingerprint density at radius 1 is 1.35 bits per heavy atom. The molecule has 2 fully saturated rings. The topological polar surface area (TPSA) is 76.8 Å². The lowest BCUT2D eigenvalue weighted by Crippen LogP contribution is -2.54. The number of carbonyl (C=O) groups excluding carboxylic acids is 1. The first-order chi connectivity index (χ1) is 9.56. The molecule has 1 saturated heterocycles. The van der Waals surface area contributed by atoms with Gasteiger partial charge in [0.25, 0.3) is 0 Å². The fraction of sp³-hybridized carbons (Fsp3) is 0.929. The summed E-state index contributed by atoms with van der Waals surface area (Å²) < 4.78 is 11.0. The van der Waals surface area contributed by atoms with E-state index in [9.17, 15) is 4.79 Å². The zero-order valence-corrected chi connectivity index (χ0v) is 12.7. The molecule has 4 unspecified atom stereocenters. The summed E-state index contributed by atoms with van der Waals surface area (Å²) in [6.45, 7) is 4.49. The number of likely N-dealkylation sites (tertiary alicyclic amines) is 1. The molecule has 4 atom stereocenters. The monoisotopic (exact) mass is 285 g/mol. The lowest BCUT2D eigenvalue weighted by molar-refractivity contribution is -0.124. The number of hydrogen-bond acceptors (Lipinski definition) is 5. The molecule has 0 bridgehead atoms. The Bertz CT molecular complexity index is 341. The molecule has 1 heterocycles. The maximum absolute atomic E-state index is 11.8. The molecule has 6 heteroatoms. The lowest BCUT2D eigenvalue weighted by Gasteiger charge is -2.29. The second-order valence-corrected chi connectivity index (χ2v) is 5.88. The number of rotatable bonds is 6. The maximum Gasteiger partial charge on any atom is 0.237 e. The van der Waals surface area contributed by atoms with E-state index in [4.69, 9.17) is 15.2 Å². The average molecular weight is 285 g/mol. The molecule has 0 aromatic rings. The van der Waals surface area contributed by atoms with E-state index in [0.717, 1.165) is 38.9 Å². The Kier molecular flexibility index (Phi) is 5.01. The van der Waals surface area contributed by atoms with Gasteiger partial charge in [0.2, 0.25) is 5.91 Å². The van der Waals surface area contributed by atoms with Crippen LogP contribution in [0, 0.1) is 0 Å². The van der Waals surface area contributed by atoms with E-state index in [-0.39, 0.29) is 18.1 Å². The van der Waals surface area contributed by atoms with Gasteiger partial charge in [0.1, 0.15) is 0 Å². The molecule has 0 spiro atoms. The largest absolute Gasteiger partial charge is 0.377 e. The van der Waals surface area contributed by atoms with Gasteiger partial charge in [0.15, 0.2) is 0 Å². The Hall–Kier alpha value is -0.690. The highest BCUT2D eigenvalue weighted by atomic mass is 16.5. The van der Waals surface area contributed by atoms with Crippen LogP contribution in [0.2, 0.25) is 0 Å². The molecule has 20 heavy (non-hydrogen) atoms. The SMILES string of the molecule is CCNC1(C(N)=O)CCC(N2CC(OC)C(OC)C2)C1. The van der Waals surface area contributed by atoms with Gasteiger partial charge in [0.05, 0.1) is 17.7 Å². The summed E-state index contributed by atoms with van der Waals surface area (Å²) in [4.78, 5) is 14.2. The molecule has 2 aliphatic rings. The summed E-state index contributed by atoms with van der Waals surface area (Å²) in [5.41, 5.74) is 5.08. The smallest absolute Gasteiger partial charge is 0.237 e. The van der Waals surface area contributed by atoms with Crippen LogP contribution in [-0.4, -0.2) is 68.4 Å². The van der Waals surface area contributed by atoms with Crippen molar-refractivity contribution in [3.8, 4) is 0 Å². The third-order valence-electron chi connectivity index (χ3n) is 4.84. The van der Waals surface area contributed by atoms with Crippen molar-refractivity contribution < 1.29 is 14.3 Å². The maximum atomic E-state index is 11.8. The number of amides is 1. The van der Waals surface area contributed by atoms with Gasteiger partial charge in [0, 0.05) is 33.4 Å².